The van der Waals surface area contributed by atoms with E-state index in [1.807, 2.05) is 0 Å². The second kappa shape index (κ2) is 4.60. The van der Waals surface area contributed by atoms with E-state index in [2.05, 4.69) is 4.90 Å². The number of likely N-dealkylation sites (tertiary alicyclic amines) is 1. The van der Waals surface area contributed by atoms with Crippen molar-refractivity contribution in [3.63, 3.8) is 0 Å². The van der Waals surface area contributed by atoms with Crippen molar-refractivity contribution in [1.82, 2.24) is 4.90 Å². The number of rotatable bonds is 1. The minimum Gasteiger partial charge on any atom is -0.391 e. The van der Waals surface area contributed by atoms with E-state index in [0.717, 1.165) is 32.4 Å². The molecular formula is C11H22N2O. The zero-order valence-electron chi connectivity index (χ0n) is 8.86. The highest BCUT2D eigenvalue weighted by Crippen LogP contribution is 2.25. The fourth-order valence-corrected chi connectivity index (χ4v) is 2.86. The Morgan fingerprint density at radius 1 is 1.07 bits per heavy atom. The van der Waals surface area contributed by atoms with Crippen molar-refractivity contribution in [2.45, 2.75) is 56.7 Å². The van der Waals surface area contributed by atoms with Crippen LogP contribution in [0.1, 0.15) is 38.5 Å². The van der Waals surface area contributed by atoms with Gasteiger partial charge in [-0.05, 0) is 32.2 Å². The van der Waals surface area contributed by atoms with Crippen molar-refractivity contribution in [2.24, 2.45) is 5.73 Å². The van der Waals surface area contributed by atoms with Crippen molar-refractivity contribution in [3.8, 4) is 0 Å². The third-order valence-electron chi connectivity index (χ3n) is 3.65. The lowest BCUT2D eigenvalue weighted by Gasteiger charge is -2.41. The van der Waals surface area contributed by atoms with Gasteiger partial charge in [0.05, 0.1) is 6.10 Å². The van der Waals surface area contributed by atoms with Gasteiger partial charge in [0.15, 0.2) is 0 Å². The normalized spacial score (nSPS) is 41.1. The maximum absolute atomic E-state index is 9.92. The van der Waals surface area contributed by atoms with Crippen LogP contribution in [0.5, 0.6) is 0 Å². The third kappa shape index (κ3) is 2.27. The highest BCUT2D eigenvalue weighted by Gasteiger charge is 2.30. The Kier molecular flexibility index (Phi) is 3.42. The van der Waals surface area contributed by atoms with E-state index in [9.17, 15) is 5.11 Å². The molecule has 2 fully saturated rings. The molecule has 2 aliphatic rings. The number of piperidine rings is 1. The quantitative estimate of drug-likeness (QED) is 0.652. The Balaban J connectivity index is 1.91. The summed E-state index contributed by atoms with van der Waals surface area (Å²) in [6.07, 6.45) is 6.85. The maximum atomic E-state index is 9.92. The predicted molar refractivity (Wildman–Crippen MR) is 57.0 cm³/mol. The molecule has 0 aromatic heterocycles. The lowest BCUT2D eigenvalue weighted by Crippen LogP contribution is -2.52. The van der Waals surface area contributed by atoms with Crippen LogP contribution in [0.3, 0.4) is 0 Å². The van der Waals surface area contributed by atoms with Gasteiger partial charge in [-0.3, -0.25) is 4.90 Å². The Bertz CT molecular complexity index is 186. The Hall–Kier alpha value is -0.120. The smallest absolute Gasteiger partial charge is 0.0695 e. The summed E-state index contributed by atoms with van der Waals surface area (Å²) in [6, 6.07) is 0.730. The van der Waals surface area contributed by atoms with Crippen LogP contribution in [0.25, 0.3) is 0 Å². The largest absolute Gasteiger partial charge is 0.391 e. The Morgan fingerprint density at radius 2 is 1.86 bits per heavy atom. The molecule has 0 aromatic rings. The molecule has 2 rings (SSSR count). The lowest BCUT2D eigenvalue weighted by atomic mass is 9.90. The van der Waals surface area contributed by atoms with Crippen LogP contribution in [0.2, 0.25) is 0 Å². The molecule has 0 amide bonds. The van der Waals surface area contributed by atoms with Gasteiger partial charge in [-0.2, -0.15) is 0 Å². The van der Waals surface area contributed by atoms with E-state index in [1.165, 1.54) is 19.3 Å². The van der Waals surface area contributed by atoms with Crippen molar-refractivity contribution in [1.29, 1.82) is 0 Å². The number of hydrogen-bond donors (Lipinski definition) is 2. The Morgan fingerprint density at radius 3 is 2.57 bits per heavy atom. The van der Waals surface area contributed by atoms with Gasteiger partial charge >= 0.3 is 0 Å². The summed E-state index contributed by atoms with van der Waals surface area (Å²) in [4.78, 5) is 2.41. The standard InChI is InChI=1S/C11H22N2O/c12-9-4-3-7-13(8-9)10-5-1-2-6-11(10)14/h9-11,14H,1-8,12H2/t9-,10-,11-/m1/s1. The zero-order chi connectivity index (χ0) is 9.97. The number of nitrogens with two attached hydrogens (primary N) is 1. The lowest BCUT2D eigenvalue weighted by molar-refractivity contribution is 0.00791. The van der Waals surface area contributed by atoms with Crippen LogP contribution >= 0.6 is 0 Å². The molecular weight excluding hydrogens is 176 g/mol. The Labute approximate surface area is 86.3 Å². The van der Waals surface area contributed by atoms with Crippen LogP contribution in [0, 0.1) is 0 Å². The van der Waals surface area contributed by atoms with Crippen LogP contribution in [-0.2, 0) is 0 Å². The molecule has 1 aliphatic heterocycles. The number of nitrogens with zero attached hydrogens (tertiary/aromatic N) is 1. The number of aliphatic hydroxyl groups is 1. The third-order valence-corrected chi connectivity index (χ3v) is 3.65. The fourth-order valence-electron chi connectivity index (χ4n) is 2.86. The molecule has 3 nitrogen and oxygen atoms in total. The van der Waals surface area contributed by atoms with Crippen molar-refractivity contribution < 1.29 is 5.11 Å². The first-order valence-corrected chi connectivity index (χ1v) is 5.95. The topological polar surface area (TPSA) is 49.5 Å². The minimum absolute atomic E-state index is 0.103. The van der Waals surface area contributed by atoms with Gasteiger partial charge in [-0.25, -0.2) is 0 Å². The molecule has 0 aromatic carbocycles. The number of hydrogen-bond acceptors (Lipinski definition) is 3. The second-order valence-electron chi connectivity index (χ2n) is 4.82. The zero-order valence-corrected chi connectivity index (χ0v) is 8.86. The molecule has 0 radical (unpaired) electrons. The summed E-state index contributed by atoms with van der Waals surface area (Å²) >= 11 is 0. The fraction of sp³-hybridized carbons (Fsp3) is 1.00. The average molecular weight is 198 g/mol. The molecule has 0 bridgehead atoms. The van der Waals surface area contributed by atoms with E-state index >= 15 is 0 Å². The molecule has 1 aliphatic carbocycles. The second-order valence-corrected chi connectivity index (χ2v) is 4.82. The molecule has 3 heteroatoms. The van der Waals surface area contributed by atoms with Crippen molar-refractivity contribution in [3.05, 3.63) is 0 Å². The molecule has 1 heterocycles. The summed E-state index contributed by atoms with van der Waals surface area (Å²) in [5.41, 5.74) is 5.95. The first-order chi connectivity index (χ1) is 6.77. The highest BCUT2D eigenvalue weighted by atomic mass is 16.3. The van der Waals surface area contributed by atoms with Crippen LogP contribution in [0.15, 0.2) is 0 Å². The highest BCUT2D eigenvalue weighted by molar-refractivity contribution is 4.87. The first kappa shape index (κ1) is 10.4. The van der Waals surface area contributed by atoms with Gasteiger partial charge in [0, 0.05) is 18.6 Å². The average Bonchev–Trinajstić information content (AvgIpc) is 2.18. The van der Waals surface area contributed by atoms with E-state index in [0.29, 0.717) is 12.1 Å². The van der Waals surface area contributed by atoms with E-state index in [1.54, 1.807) is 0 Å². The van der Waals surface area contributed by atoms with Crippen molar-refractivity contribution in [2.75, 3.05) is 13.1 Å². The van der Waals surface area contributed by atoms with E-state index < -0.39 is 0 Å². The van der Waals surface area contributed by atoms with Gasteiger partial charge in [-0.15, -0.1) is 0 Å². The van der Waals surface area contributed by atoms with Gasteiger partial charge in [0.25, 0.3) is 0 Å². The van der Waals surface area contributed by atoms with Crippen LogP contribution < -0.4 is 5.73 Å². The molecule has 0 unspecified atom stereocenters. The predicted octanol–water partition coefficient (Wildman–Crippen LogP) is 0.713. The summed E-state index contributed by atoms with van der Waals surface area (Å²) < 4.78 is 0. The van der Waals surface area contributed by atoms with Gasteiger partial charge < -0.3 is 10.8 Å². The summed E-state index contributed by atoms with van der Waals surface area (Å²) in [5.74, 6) is 0. The van der Waals surface area contributed by atoms with Crippen LogP contribution in [-0.4, -0.2) is 41.3 Å². The van der Waals surface area contributed by atoms with Gasteiger partial charge in [0.2, 0.25) is 0 Å². The SMILES string of the molecule is N[C@@H]1CCCN([C@@H]2CCCC[C@H]2O)C1. The maximum Gasteiger partial charge on any atom is 0.0695 e. The molecule has 82 valence electrons. The van der Waals surface area contributed by atoms with E-state index in [4.69, 9.17) is 5.73 Å². The molecule has 0 spiro atoms. The first-order valence-electron chi connectivity index (χ1n) is 5.95. The summed E-state index contributed by atoms with van der Waals surface area (Å²) in [5, 5.41) is 9.92. The van der Waals surface area contributed by atoms with Crippen molar-refractivity contribution >= 4 is 0 Å². The van der Waals surface area contributed by atoms with Gasteiger partial charge in [-0.1, -0.05) is 12.8 Å². The minimum atomic E-state index is -0.103. The summed E-state index contributed by atoms with van der Waals surface area (Å²) in [7, 11) is 0. The molecule has 14 heavy (non-hydrogen) atoms. The molecule has 1 saturated heterocycles. The molecule has 1 saturated carbocycles. The van der Waals surface area contributed by atoms with Crippen LogP contribution in [0.4, 0.5) is 0 Å². The molecule has 3 N–H and O–H groups in total. The molecule has 3 atom stereocenters. The van der Waals surface area contributed by atoms with Gasteiger partial charge in [0.1, 0.15) is 0 Å². The summed E-state index contributed by atoms with van der Waals surface area (Å²) in [6.45, 7) is 2.12. The monoisotopic (exact) mass is 198 g/mol. The van der Waals surface area contributed by atoms with E-state index in [-0.39, 0.29) is 6.10 Å². The number of aliphatic hydroxyl groups excluding tert-OH is 1.